The van der Waals surface area contributed by atoms with E-state index < -0.39 is 6.10 Å². The van der Waals surface area contributed by atoms with Gasteiger partial charge in [-0.05, 0) is 83.5 Å². The first kappa shape index (κ1) is 64.1. The predicted molar refractivity (Wildman–Crippen MR) is 293 cm³/mol. The minimum absolute atomic E-state index is 0.108. The lowest BCUT2D eigenvalue weighted by Gasteiger charge is -2.18. The van der Waals surface area contributed by atoms with Crippen molar-refractivity contribution in [2.75, 3.05) is 13.2 Å². The van der Waals surface area contributed by atoms with Gasteiger partial charge in [0.15, 0.2) is 6.10 Å². The van der Waals surface area contributed by atoms with Crippen LogP contribution in [-0.2, 0) is 28.6 Å². The Morgan fingerprint density at radius 3 is 1.07 bits per heavy atom. The number of unbranched alkanes of at least 4 members (excludes halogenated alkanes) is 23. The van der Waals surface area contributed by atoms with Crippen molar-refractivity contribution in [1.82, 2.24) is 0 Å². The number of allylic oxidation sites excluding steroid dienone is 18. The van der Waals surface area contributed by atoms with Crippen LogP contribution in [0, 0.1) is 0 Å². The van der Waals surface area contributed by atoms with Crippen molar-refractivity contribution in [2.45, 2.75) is 252 Å². The van der Waals surface area contributed by atoms with Crippen LogP contribution in [0.5, 0.6) is 0 Å². The van der Waals surface area contributed by atoms with E-state index in [1.54, 1.807) is 0 Å². The third kappa shape index (κ3) is 53.0. The molecule has 1 unspecified atom stereocenters. The first-order valence-electron chi connectivity index (χ1n) is 27.9. The molecule has 0 aliphatic heterocycles. The van der Waals surface area contributed by atoms with Crippen molar-refractivity contribution in [2.24, 2.45) is 0 Å². The highest BCUT2D eigenvalue weighted by Crippen LogP contribution is 2.16. The van der Waals surface area contributed by atoms with Crippen LogP contribution in [0.3, 0.4) is 0 Å². The SMILES string of the molecule is CC/C=C/C=C/C=C/C=C/CCCCCC(=O)OCC(COC(=O)CCCCC/C=C/C/C=C/C/C=C/C/C=C/C/C=C/CC)OC(=O)CCCCCCCCCCCCCCCCCCCC. The minimum atomic E-state index is -0.808. The number of carbonyl (C=O) groups is 3. The summed E-state index contributed by atoms with van der Waals surface area (Å²) < 4.78 is 16.8. The summed E-state index contributed by atoms with van der Waals surface area (Å²) in [5.41, 5.74) is 0. The standard InChI is InChI=1S/C62H102O6/c1-4-7-10-13-16-19-22-25-27-29-31-33-34-37-40-43-46-49-52-55-61(64)67-58-59(57-66-60(63)54-51-48-45-42-39-36-24-21-18-15-12-9-6-3)68-62(65)56-53-50-47-44-41-38-35-32-30-28-26-23-20-17-14-11-8-5-2/h7,9-10,12,15-16,18-19,21,24-25,27,31,33,36-37,39-40,59H,4-6,8,11,13-14,17,20,22-23,26,28-30,32,34-35,38,41-58H2,1-3H3/b10-7+,12-9+,18-15+,19-16+,24-21+,27-25+,33-31+,39-36+,40-37+. The third-order valence-corrected chi connectivity index (χ3v) is 11.6. The summed E-state index contributed by atoms with van der Waals surface area (Å²) in [6, 6.07) is 0. The Hall–Kier alpha value is -3.93. The minimum Gasteiger partial charge on any atom is -0.462 e. The Bertz CT molecular complexity index is 1410. The number of hydrogen-bond acceptors (Lipinski definition) is 6. The Labute approximate surface area is 419 Å². The summed E-state index contributed by atoms with van der Waals surface area (Å²) in [4.78, 5) is 38.1. The molecule has 0 saturated heterocycles. The molecule has 0 saturated carbocycles. The predicted octanol–water partition coefficient (Wildman–Crippen LogP) is 18.7. The van der Waals surface area contributed by atoms with E-state index in [1.165, 1.54) is 96.3 Å². The lowest BCUT2D eigenvalue weighted by molar-refractivity contribution is -0.167. The number of rotatable bonds is 49. The molecular weight excluding hydrogens is 841 g/mol. The summed E-state index contributed by atoms with van der Waals surface area (Å²) in [6.45, 7) is 6.33. The van der Waals surface area contributed by atoms with Crippen LogP contribution < -0.4 is 0 Å². The molecule has 6 nitrogen and oxygen atoms in total. The maximum Gasteiger partial charge on any atom is 0.306 e. The van der Waals surface area contributed by atoms with E-state index in [1.807, 2.05) is 36.5 Å². The van der Waals surface area contributed by atoms with Gasteiger partial charge in [0.25, 0.3) is 0 Å². The average Bonchev–Trinajstić information content (AvgIpc) is 3.34. The van der Waals surface area contributed by atoms with Gasteiger partial charge in [0.1, 0.15) is 13.2 Å². The van der Waals surface area contributed by atoms with Crippen LogP contribution in [0.4, 0.5) is 0 Å². The van der Waals surface area contributed by atoms with Gasteiger partial charge in [-0.15, -0.1) is 0 Å². The van der Waals surface area contributed by atoms with Crippen LogP contribution in [0.15, 0.2) is 109 Å². The van der Waals surface area contributed by atoms with Gasteiger partial charge in [-0.2, -0.15) is 0 Å². The number of ether oxygens (including phenoxy) is 3. The van der Waals surface area contributed by atoms with Crippen LogP contribution in [-0.4, -0.2) is 37.2 Å². The molecule has 0 bridgehead atoms. The second-order valence-corrected chi connectivity index (χ2v) is 18.2. The molecule has 0 amide bonds. The lowest BCUT2D eigenvalue weighted by atomic mass is 10.0. The summed E-state index contributed by atoms with van der Waals surface area (Å²) >= 11 is 0. The fourth-order valence-electron chi connectivity index (χ4n) is 7.48. The van der Waals surface area contributed by atoms with Crippen LogP contribution in [0.25, 0.3) is 0 Å². The average molecular weight is 943 g/mol. The van der Waals surface area contributed by atoms with Crippen molar-refractivity contribution < 1.29 is 28.6 Å². The molecule has 68 heavy (non-hydrogen) atoms. The summed E-state index contributed by atoms with van der Waals surface area (Å²) in [5, 5.41) is 0. The fourth-order valence-corrected chi connectivity index (χ4v) is 7.48. The van der Waals surface area contributed by atoms with Gasteiger partial charge >= 0.3 is 17.9 Å². The molecule has 0 radical (unpaired) electrons. The molecule has 0 aromatic heterocycles. The first-order chi connectivity index (χ1) is 33.5. The summed E-state index contributed by atoms with van der Waals surface area (Å²) in [7, 11) is 0. The first-order valence-corrected chi connectivity index (χ1v) is 27.9. The van der Waals surface area contributed by atoms with Gasteiger partial charge in [0.2, 0.25) is 0 Å². The lowest BCUT2D eigenvalue weighted by Crippen LogP contribution is -2.30. The molecule has 0 spiro atoms. The molecule has 0 N–H and O–H groups in total. The van der Waals surface area contributed by atoms with E-state index in [4.69, 9.17) is 14.2 Å². The second-order valence-electron chi connectivity index (χ2n) is 18.2. The Morgan fingerprint density at radius 1 is 0.324 bits per heavy atom. The number of esters is 3. The monoisotopic (exact) mass is 943 g/mol. The molecule has 0 heterocycles. The zero-order valence-corrected chi connectivity index (χ0v) is 44.1. The summed E-state index contributed by atoms with van der Waals surface area (Å²) in [5.74, 6) is -0.974. The smallest absolute Gasteiger partial charge is 0.306 e. The number of carbonyl (C=O) groups excluding carboxylic acids is 3. The van der Waals surface area contributed by atoms with Gasteiger partial charge in [-0.3, -0.25) is 14.4 Å². The van der Waals surface area contributed by atoms with E-state index in [-0.39, 0.29) is 31.1 Å². The maximum atomic E-state index is 12.8. The van der Waals surface area contributed by atoms with Crippen molar-refractivity contribution >= 4 is 17.9 Å². The van der Waals surface area contributed by atoms with Gasteiger partial charge in [0.05, 0.1) is 0 Å². The third-order valence-electron chi connectivity index (χ3n) is 11.6. The van der Waals surface area contributed by atoms with E-state index in [0.717, 1.165) is 109 Å². The Morgan fingerprint density at radius 2 is 0.647 bits per heavy atom. The molecule has 0 aromatic carbocycles. The highest BCUT2D eigenvalue weighted by Gasteiger charge is 2.19. The topological polar surface area (TPSA) is 78.9 Å². The van der Waals surface area contributed by atoms with Crippen molar-refractivity contribution in [3.8, 4) is 0 Å². The van der Waals surface area contributed by atoms with E-state index >= 15 is 0 Å². The molecular formula is C62H102O6. The molecule has 0 aromatic rings. The van der Waals surface area contributed by atoms with Gasteiger partial charge in [-0.25, -0.2) is 0 Å². The van der Waals surface area contributed by atoms with E-state index in [9.17, 15) is 14.4 Å². The fraction of sp³-hybridized carbons (Fsp3) is 0.661. The Kier molecular flexibility index (Phi) is 52.4. The molecule has 0 fully saturated rings. The Balaban J connectivity index is 4.47. The van der Waals surface area contributed by atoms with Crippen LogP contribution in [0.2, 0.25) is 0 Å². The van der Waals surface area contributed by atoms with Crippen molar-refractivity contribution in [3.63, 3.8) is 0 Å². The molecule has 1 atom stereocenters. The van der Waals surface area contributed by atoms with Gasteiger partial charge in [0, 0.05) is 19.3 Å². The molecule has 0 rings (SSSR count). The van der Waals surface area contributed by atoms with Crippen molar-refractivity contribution in [1.29, 1.82) is 0 Å². The van der Waals surface area contributed by atoms with E-state index in [2.05, 4.69) is 93.7 Å². The zero-order chi connectivity index (χ0) is 49.3. The van der Waals surface area contributed by atoms with Crippen molar-refractivity contribution in [3.05, 3.63) is 109 Å². The highest BCUT2D eigenvalue weighted by atomic mass is 16.6. The summed E-state index contributed by atoms with van der Waals surface area (Å²) in [6.07, 6.45) is 75.1. The number of hydrogen-bond donors (Lipinski definition) is 0. The molecule has 6 heteroatoms. The van der Waals surface area contributed by atoms with E-state index in [0.29, 0.717) is 19.3 Å². The molecule has 0 aliphatic rings. The van der Waals surface area contributed by atoms with Crippen LogP contribution >= 0.6 is 0 Å². The maximum absolute atomic E-state index is 12.8. The van der Waals surface area contributed by atoms with Crippen LogP contribution in [0.1, 0.15) is 245 Å². The molecule has 386 valence electrons. The van der Waals surface area contributed by atoms with Gasteiger partial charge in [-0.1, -0.05) is 252 Å². The highest BCUT2D eigenvalue weighted by molar-refractivity contribution is 5.71. The quantitative estimate of drug-likeness (QED) is 0.0199. The zero-order valence-electron chi connectivity index (χ0n) is 44.1. The second kappa shape index (κ2) is 55.7. The normalized spacial score (nSPS) is 12.9. The van der Waals surface area contributed by atoms with Gasteiger partial charge < -0.3 is 14.2 Å². The largest absolute Gasteiger partial charge is 0.462 e. The molecule has 0 aliphatic carbocycles.